The van der Waals surface area contributed by atoms with E-state index in [1.54, 1.807) is 0 Å². The second-order valence-electron chi connectivity index (χ2n) is 26.8. The molecule has 0 atom stereocenters. The highest BCUT2D eigenvalue weighted by atomic mass is 14.9. The summed E-state index contributed by atoms with van der Waals surface area (Å²) < 4.78 is 0. The largest absolute Gasteiger partial charge is 0.356 e. The molecule has 9 aromatic rings. The van der Waals surface area contributed by atoms with Crippen LogP contribution in [0.1, 0.15) is 196 Å². The molecule has 80 heavy (non-hydrogen) atoms. The monoisotopic (exact) mass is 1070 g/mol. The van der Waals surface area contributed by atoms with Crippen LogP contribution >= 0.6 is 0 Å². The van der Waals surface area contributed by atoms with Crippen LogP contribution in [0.15, 0.2) is 54.6 Å². The summed E-state index contributed by atoms with van der Waals surface area (Å²) in [7, 11) is 0. The molecule has 0 fully saturated rings. The quantitative estimate of drug-likeness (QED) is 0.0728. The molecular weight excluding hydrogens is 979 g/mol. The van der Waals surface area contributed by atoms with E-state index in [0.717, 1.165) is 107 Å². The molecule has 9 heteroatoms. The van der Waals surface area contributed by atoms with E-state index in [1.807, 2.05) is 0 Å². The lowest BCUT2D eigenvalue weighted by Gasteiger charge is -2.19. The van der Waals surface area contributed by atoms with Crippen LogP contribution in [0.3, 0.4) is 0 Å². The third kappa shape index (κ3) is 9.58. The van der Waals surface area contributed by atoms with E-state index >= 15 is 0 Å². The predicted octanol–water partition coefficient (Wildman–Crippen LogP) is 17.9. The van der Waals surface area contributed by atoms with E-state index in [9.17, 15) is 0 Å². The summed E-state index contributed by atoms with van der Waals surface area (Å²) in [6.07, 6.45) is 5.44. The number of nitrogens with one attached hydrogen (secondary N) is 6. The maximum atomic E-state index is 5.81. The van der Waals surface area contributed by atoms with Crippen molar-refractivity contribution in [3.63, 3.8) is 0 Å². The molecule has 0 aromatic carbocycles. The lowest BCUT2D eigenvalue weighted by Crippen LogP contribution is -2.10. The number of H-pyrrole nitrogens is 6. The second kappa shape index (κ2) is 21.2. The standard InChI is InChI=1S/C71H89N9/c1-34(2)28-46-40(13)60-58-61-41(14)47(29-35(3)4)68(76-61)54-24-20-26-56(73-54)70-50(32-38(9)10)44(17)64(79-70)59(63-43(16)49(31-37(7)8)67(78-63)53-23-19-22-52(72-53)66(46)75-60)65-45(18)51(33-39(11)12)71(80-65)57-27-21-25-55(74-57)69-48(30-36(5)6)42(15)62(58)77-69/h19-27,34-39,58-59,75-80H,28-33H2,1-18H3. The summed E-state index contributed by atoms with van der Waals surface area (Å²) in [5, 5.41) is 0. The highest BCUT2D eigenvalue weighted by Gasteiger charge is 2.37. The second-order valence-corrected chi connectivity index (χ2v) is 26.8. The maximum Gasteiger partial charge on any atom is 0.0875 e. The van der Waals surface area contributed by atoms with Crippen molar-refractivity contribution in [3.8, 4) is 68.3 Å². The van der Waals surface area contributed by atoms with Crippen molar-refractivity contribution in [1.82, 2.24) is 44.9 Å². The van der Waals surface area contributed by atoms with Gasteiger partial charge in [-0.05, 0) is 219 Å². The predicted molar refractivity (Wildman–Crippen MR) is 333 cm³/mol. The Kier molecular flexibility index (Phi) is 14.6. The summed E-state index contributed by atoms with van der Waals surface area (Å²) in [6.45, 7) is 42.3. The molecule has 3 aliphatic heterocycles. The molecule has 3 aliphatic rings. The topological polar surface area (TPSA) is 133 Å². The van der Waals surface area contributed by atoms with Crippen molar-refractivity contribution in [1.29, 1.82) is 0 Å². The zero-order valence-corrected chi connectivity index (χ0v) is 51.4. The Hall–Kier alpha value is -6.87. The number of aromatic nitrogens is 9. The average molecular weight is 1070 g/mol. The van der Waals surface area contributed by atoms with Crippen LogP contribution in [0.5, 0.6) is 0 Å². The highest BCUT2D eigenvalue weighted by Crippen LogP contribution is 2.49. The molecule has 9 nitrogen and oxygen atoms in total. The van der Waals surface area contributed by atoms with Crippen molar-refractivity contribution in [2.75, 3.05) is 0 Å². The molecule has 9 aromatic heterocycles. The van der Waals surface area contributed by atoms with Crippen LogP contribution in [0.4, 0.5) is 0 Å². The first-order chi connectivity index (χ1) is 38.1. The summed E-state index contributed by atoms with van der Waals surface area (Å²) in [6, 6.07) is 20.1. The van der Waals surface area contributed by atoms with E-state index in [-0.39, 0.29) is 11.8 Å². The number of hydrogen-bond donors (Lipinski definition) is 6. The number of aromatic amines is 6. The maximum absolute atomic E-state index is 5.81. The van der Waals surface area contributed by atoms with Gasteiger partial charge in [0, 0.05) is 34.2 Å². The van der Waals surface area contributed by atoms with E-state index in [0.29, 0.717) is 35.5 Å². The Bertz CT molecular complexity index is 3160. The van der Waals surface area contributed by atoms with Gasteiger partial charge >= 0.3 is 0 Å². The van der Waals surface area contributed by atoms with Crippen LogP contribution < -0.4 is 0 Å². The van der Waals surface area contributed by atoms with Gasteiger partial charge in [0.1, 0.15) is 0 Å². The van der Waals surface area contributed by atoms with Crippen LogP contribution in [0.25, 0.3) is 68.3 Å². The first-order valence-electron chi connectivity index (χ1n) is 30.3. The molecule has 0 saturated carbocycles. The van der Waals surface area contributed by atoms with E-state index in [2.05, 4.69) is 209 Å². The molecule has 0 spiro atoms. The highest BCUT2D eigenvalue weighted by molar-refractivity contribution is 5.76. The average Bonchev–Trinajstić information content (AvgIpc) is 4.44. The minimum Gasteiger partial charge on any atom is -0.356 e. The first kappa shape index (κ1) is 55.1. The van der Waals surface area contributed by atoms with Gasteiger partial charge in [-0.25, -0.2) is 15.0 Å². The first-order valence-corrected chi connectivity index (χ1v) is 30.3. The molecule has 418 valence electrons. The van der Waals surface area contributed by atoms with Gasteiger partial charge in [0.2, 0.25) is 0 Å². The molecular formula is C71H89N9. The Morgan fingerprint density at radius 2 is 0.425 bits per heavy atom. The fourth-order valence-electron chi connectivity index (χ4n) is 14.0. The smallest absolute Gasteiger partial charge is 0.0875 e. The third-order valence-electron chi connectivity index (χ3n) is 17.7. The van der Waals surface area contributed by atoms with E-state index < -0.39 is 0 Å². The van der Waals surface area contributed by atoms with Crippen molar-refractivity contribution in [2.45, 2.75) is 175 Å². The van der Waals surface area contributed by atoms with E-state index in [4.69, 9.17) is 15.0 Å². The molecule has 0 saturated heterocycles. The zero-order valence-electron chi connectivity index (χ0n) is 51.4. The molecule has 0 radical (unpaired) electrons. The van der Waals surface area contributed by atoms with Crippen molar-refractivity contribution < 1.29 is 0 Å². The molecule has 20 bridgehead atoms. The normalized spacial score (nSPS) is 14.8. The minimum atomic E-state index is -0.236. The third-order valence-corrected chi connectivity index (χ3v) is 17.7. The fourth-order valence-corrected chi connectivity index (χ4v) is 14.0. The summed E-state index contributed by atoms with van der Waals surface area (Å²) in [5.74, 6) is 1.97. The van der Waals surface area contributed by atoms with Crippen LogP contribution in [0.2, 0.25) is 0 Å². The Labute approximate surface area is 476 Å². The van der Waals surface area contributed by atoms with Gasteiger partial charge in [0.15, 0.2) is 0 Å². The Morgan fingerprint density at radius 1 is 0.275 bits per heavy atom. The van der Waals surface area contributed by atoms with Gasteiger partial charge < -0.3 is 29.9 Å². The lowest BCUT2D eigenvalue weighted by molar-refractivity contribution is 0.645. The minimum absolute atomic E-state index is 0.236. The number of rotatable bonds is 12. The van der Waals surface area contributed by atoms with Crippen molar-refractivity contribution in [3.05, 3.63) is 156 Å². The molecule has 0 unspecified atom stereocenters. The van der Waals surface area contributed by atoms with Crippen LogP contribution in [0, 0.1) is 77.0 Å². The van der Waals surface area contributed by atoms with Gasteiger partial charge in [-0.1, -0.05) is 101 Å². The van der Waals surface area contributed by atoms with E-state index in [1.165, 1.54) is 101 Å². The van der Waals surface area contributed by atoms with Gasteiger partial charge in [0.25, 0.3) is 0 Å². The van der Waals surface area contributed by atoms with Gasteiger partial charge in [-0.3, -0.25) is 0 Å². The number of nitrogens with zero attached hydrogens (tertiary/aromatic N) is 3. The Morgan fingerprint density at radius 3 is 0.562 bits per heavy atom. The van der Waals surface area contributed by atoms with Gasteiger partial charge in [-0.2, -0.15) is 0 Å². The Balaban J connectivity index is 1.39. The lowest BCUT2D eigenvalue weighted by atomic mass is 9.86. The van der Waals surface area contributed by atoms with Crippen LogP contribution in [-0.4, -0.2) is 44.9 Å². The van der Waals surface area contributed by atoms with Crippen molar-refractivity contribution >= 4 is 0 Å². The summed E-state index contributed by atoms with van der Waals surface area (Å²) >= 11 is 0. The molecule has 0 amide bonds. The van der Waals surface area contributed by atoms with Crippen LogP contribution in [-0.2, 0) is 38.5 Å². The summed E-state index contributed by atoms with van der Waals surface area (Å²) in [4.78, 5) is 43.0. The van der Waals surface area contributed by atoms with Gasteiger partial charge in [0.05, 0.1) is 80.2 Å². The van der Waals surface area contributed by atoms with Gasteiger partial charge in [-0.15, -0.1) is 0 Å². The van der Waals surface area contributed by atoms with Crippen molar-refractivity contribution in [2.24, 2.45) is 35.5 Å². The SMILES string of the molecule is Cc1c2[nH]c(c1CC(C)C)-c1cccc(n1)-c1[nH]c(c(C)c1CC(C)C)C1c3[nH]c(c(CC(C)C)c3C)-c3cccc(n3)-c3[nH]c(c(C)c3CC(C)C)C2c2[nH]c(c(CC(C)C)c2C)-c2cccc(n2)-c2[nH]c1c(C)c2CC(C)C. The molecule has 12 rings (SSSR count). The molecule has 0 aliphatic carbocycles. The summed E-state index contributed by atoms with van der Waals surface area (Å²) in [5.41, 5.74) is 34.9. The fraction of sp³-hybridized carbons (Fsp3) is 0.451. The zero-order chi connectivity index (χ0) is 56.9. The molecule has 12 heterocycles. The number of hydrogen-bond acceptors (Lipinski definition) is 3. The number of pyridine rings is 3. The molecule has 6 N–H and O–H groups in total.